The number of carbonyl (C=O) groups is 2. The van der Waals surface area contributed by atoms with Crippen molar-refractivity contribution in [3.05, 3.63) is 33.8 Å². The smallest absolute Gasteiger partial charge is 0.407 e. The second-order valence-electron chi connectivity index (χ2n) is 7.49. The number of hydrogen-bond acceptors (Lipinski definition) is 3. The summed E-state index contributed by atoms with van der Waals surface area (Å²) in [5.41, 5.74) is 0.872. The van der Waals surface area contributed by atoms with E-state index in [0.717, 1.165) is 5.56 Å². The molecule has 0 radical (unpaired) electrons. The van der Waals surface area contributed by atoms with Crippen LogP contribution in [0, 0.1) is 5.92 Å². The van der Waals surface area contributed by atoms with Crippen LogP contribution in [-0.2, 0) is 4.79 Å². The Hall–Kier alpha value is -1.50. The molecule has 2 fully saturated rings. The van der Waals surface area contributed by atoms with Crippen LogP contribution in [-0.4, -0.2) is 64.3 Å². The van der Waals surface area contributed by atoms with Crippen molar-refractivity contribution < 1.29 is 19.8 Å². The number of hydrogen-bond donors (Lipinski definition) is 2. The van der Waals surface area contributed by atoms with E-state index < -0.39 is 6.09 Å². The second-order valence-corrected chi connectivity index (χ2v) is 8.30. The summed E-state index contributed by atoms with van der Waals surface area (Å²) in [5.74, 6) is -0.219. The highest BCUT2D eigenvalue weighted by molar-refractivity contribution is 6.42. The molecule has 2 atom stereocenters. The van der Waals surface area contributed by atoms with E-state index in [1.807, 2.05) is 6.07 Å². The number of amides is 2. The van der Waals surface area contributed by atoms with E-state index in [4.69, 9.17) is 23.2 Å². The average Bonchev–Trinajstić information content (AvgIpc) is 3.08. The number of benzene rings is 1. The predicted octanol–water partition coefficient (Wildman–Crippen LogP) is 3.45. The fraction of sp³-hybridized carbons (Fsp3) is 0.579. The van der Waals surface area contributed by atoms with Crippen LogP contribution in [0.5, 0.6) is 0 Å². The van der Waals surface area contributed by atoms with Gasteiger partial charge in [0.15, 0.2) is 0 Å². The van der Waals surface area contributed by atoms with E-state index in [9.17, 15) is 19.8 Å². The average molecular weight is 415 g/mol. The van der Waals surface area contributed by atoms with E-state index in [1.165, 1.54) is 11.9 Å². The molecule has 27 heavy (non-hydrogen) atoms. The third-order valence-electron chi connectivity index (χ3n) is 5.82. The van der Waals surface area contributed by atoms with Gasteiger partial charge in [-0.05, 0) is 43.4 Å². The van der Waals surface area contributed by atoms with Crippen molar-refractivity contribution in [1.29, 1.82) is 0 Å². The van der Waals surface area contributed by atoms with Crippen LogP contribution >= 0.6 is 23.2 Å². The van der Waals surface area contributed by atoms with Gasteiger partial charge in [0.1, 0.15) is 0 Å². The number of nitrogens with zero attached hydrogens (tertiary/aromatic N) is 2. The Morgan fingerprint density at radius 1 is 1.11 bits per heavy atom. The van der Waals surface area contributed by atoms with Crippen LogP contribution < -0.4 is 0 Å². The third-order valence-corrected chi connectivity index (χ3v) is 6.56. The SMILES string of the molecule is CN(C(=O)O)[C@@H]1CN(C(=O)[C@H]2CC[C@H](O)CC2)C[C@H]1c1ccc(Cl)c(Cl)c1. The predicted molar refractivity (Wildman–Crippen MR) is 103 cm³/mol. The molecule has 0 aromatic heterocycles. The Kier molecular flexibility index (Phi) is 6.18. The molecule has 3 rings (SSSR count). The van der Waals surface area contributed by atoms with Crippen molar-refractivity contribution in [1.82, 2.24) is 9.80 Å². The molecule has 2 N–H and O–H groups in total. The van der Waals surface area contributed by atoms with Gasteiger partial charge >= 0.3 is 6.09 Å². The Balaban J connectivity index is 1.81. The van der Waals surface area contributed by atoms with E-state index in [-0.39, 0.29) is 29.9 Å². The molecule has 1 aliphatic heterocycles. The Bertz CT molecular complexity index is 722. The molecule has 1 aromatic rings. The van der Waals surface area contributed by atoms with Gasteiger partial charge in [0, 0.05) is 32.0 Å². The summed E-state index contributed by atoms with van der Waals surface area (Å²) in [6.07, 6.45) is 1.28. The summed E-state index contributed by atoms with van der Waals surface area (Å²) in [6.45, 7) is 0.795. The standard InChI is InChI=1S/C19H24Cl2N2O4/c1-22(19(26)27)17-10-23(18(25)11-2-5-13(24)6-3-11)9-14(17)12-4-7-15(20)16(21)8-12/h4,7-8,11,13-14,17,24H,2-3,5-6,9-10H2,1H3,(H,26,27)/t11-,13-,14-,17+/m0/s1. The van der Waals surface area contributed by atoms with E-state index in [0.29, 0.717) is 48.8 Å². The number of aliphatic hydroxyl groups is 1. The Morgan fingerprint density at radius 2 is 1.78 bits per heavy atom. The van der Waals surface area contributed by atoms with Crippen molar-refractivity contribution >= 4 is 35.2 Å². The van der Waals surface area contributed by atoms with Gasteiger partial charge in [-0.15, -0.1) is 0 Å². The van der Waals surface area contributed by atoms with E-state index in [2.05, 4.69) is 0 Å². The van der Waals surface area contributed by atoms with Gasteiger partial charge in [0.25, 0.3) is 0 Å². The van der Waals surface area contributed by atoms with Crippen molar-refractivity contribution in [2.75, 3.05) is 20.1 Å². The molecular weight excluding hydrogens is 391 g/mol. The molecule has 0 spiro atoms. The first-order valence-corrected chi connectivity index (χ1v) is 9.91. The molecule has 1 aliphatic carbocycles. The molecule has 148 valence electrons. The summed E-state index contributed by atoms with van der Waals surface area (Å²) < 4.78 is 0. The van der Waals surface area contributed by atoms with Gasteiger partial charge < -0.3 is 20.0 Å². The van der Waals surface area contributed by atoms with Crippen molar-refractivity contribution in [2.24, 2.45) is 5.92 Å². The highest BCUT2D eigenvalue weighted by Gasteiger charge is 2.42. The molecule has 8 heteroatoms. The van der Waals surface area contributed by atoms with Crippen molar-refractivity contribution in [3.63, 3.8) is 0 Å². The number of carbonyl (C=O) groups excluding carboxylic acids is 1. The normalized spacial score (nSPS) is 28.2. The minimum absolute atomic E-state index is 0.0493. The summed E-state index contributed by atoms with van der Waals surface area (Å²) in [7, 11) is 1.53. The number of likely N-dealkylation sites (tertiary alicyclic amines) is 1. The maximum atomic E-state index is 13.0. The number of carboxylic acid groups (broad SMARTS) is 1. The zero-order valence-corrected chi connectivity index (χ0v) is 16.7. The highest BCUT2D eigenvalue weighted by Crippen LogP contribution is 2.36. The minimum Gasteiger partial charge on any atom is -0.465 e. The van der Waals surface area contributed by atoms with Crippen molar-refractivity contribution in [3.8, 4) is 0 Å². The molecule has 1 aromatic carbocycles. The van der Waals surface area contributed by atoms with Gasteiger partial charge in [-0.25, -0.2) is 4.79 Å². The first kappa shape index (κ1) is 20.2. The topological polar surface area (TPSA) is 81.1 Å². The van der Waals surface area contributed by atoms with Gasteiger partial charge in [-0.2, -0.15) is 0 Å². The van der Waals surface area contributed by atoms with Gasteiger partial charge in [-0.3, -0.25) is 4.79 Å². The Morgan fingerprint density at radius 3 is 2.37 bits per heavy atom. The molecule has 1 saturated carbocycles. The van der Waals surface area contributed by atoms with Crippen molar-refractivity contribution in [2.45, 2.75) is 43.7 Å². The molecular formula is C19H24Cl2N2O4. The van der Waals surface area contributed by atoms with Crippen LogP contribution in [0.25, 0.3) is 0 Å². The molecule has 2 amide bonds. The molecule has 1 saturated heterocycles. The monoisotopic (exact) mass is 414 g/mol. The number of halogens is 2. The lowest BCUT2D eigenvalue weighted by Gasteiger charge is -2.29. The quantitative estimate of drug-likeness (QED) is 0.793. The molecule has 6 nitrogen and oxygen atoms in total. The van der Waals surface area contributed by atoms with E-state index >= 15 is 0 Å². The summed E-state index contributed by atoms with van der Waals surface area (Å²) in [6, 6.07) is 4.94. The van der Waals surface area contributed by atoms with Crippen LogP contribution in [0.4, 0.5) is 4.79 Å². The lowest BCUT2D eigenvalue weighted by molar-refractivity contribution is -0.136. The summed E-state index contributed by atoms with van der Waals surface area (Å²) in [4.78, 5) is 27.6. The lowest BCUT2D eigenvalue weighted by atomic mass is 9.86. The third kappa shape index (κ3) is 4.33. The zero-order chi connectivity index (χ0) is 19.7. The van der Waals surface area contributed by atoms with E-state index in [1.54, 1.807) is 17.0 Å². The lowest BCUT2D eigenvalue weighted by Crippen LogP contribution is -2.42. The zero-order valence-electron chi connectivity index (χ0n) is 15.1. The summed E-state index contributed by atoms with van der Waals surface area (Å²) in [5, 5.41) is 20.0. The first-order chi connectivity index (χ1) is 12.8. The highest BCUT2D eigenvalue weighted by atomic mass is 35.5. The van der Waals surface area contributed by atoms with Crippen LogP contribution in [0.1, 0.15) is 37.2 Å². The van der Waals surface area contributed by atoms with Crippen LogP contribution in [0.3, 0.4) is 0 Å². The fourth-order valence-electron chi connectivity index (χ4n) is 4.15. The molecule has 1 heterocycles. The molecule has 2 aliphatic rings. The first-order valence-electron chi connectivity index (χ1n) is 9.15. The minimum atomic E-state index is -1.03. The van der Waals surface area contributed by atoms with Crippen LogP contribution in [0.15, 0.2) is 18.2 Å². The van der Waals surface area contributed by atoms with Gasteiger partial charge in [-0.1, -0.05) is 29.3 Å². The number of rotatable bonds is 3. The van der Waals surface area contributed by atoms with Gasteiger partial charge in [0.2, 0.25) is 5.91 Å². The number of likely N-dealkylation sites (N-methyl/N-ethyl adjacent to an activating group) is 1. The second kappa shape index (κ2) is 8.25. The Labute approximate surface area is 168 Å². The molecule has 0 unspecified atom stereocenters. The number of aliphatic hydroxyl groups excluding tert-OH is 1. The molecule has 0 bridgehead atoms. The maximum Gasteiger partial charge on any atom is 0.407 e. The van der Waals surface area contributed by atoms with Crippen LogP contribution in [0.2, 0.25) is 10.0 Å². The summed E-state index contributed by atoms with van der Waals surface area (Å²) >= 11 is 12.2. The van der Waals surface area contributed by atoms with Gasteiger partial charge in [0.05, 0.1) is 22.2 Å². The largest absolute Gasteiger partial charge is 0.465 e. The maximum absolute atomic E-state index is 13.0. The fourth-order valence-corrected chi connectivity index (χ4v) is 4.46.